The van der Waals surface area contributed by atoms with Crippen LogP contribution in [0.5, 0.6) is 0 Å². The topological polar surface area (TPSA) is 61.0 Å². The first-order valence-corrected chi connectivity index (χ1v) is 10.4. The van der Waals surface area contributed by atoms with Crippen LogP contribution in [0.2, 0.25) is 0 Å². The highest BCUT2D eigenvalue weighted by atomic mass is 19.1. The van der Waals surface area contributed by atoms with Gasteiger partial charge in [-0.25, -0.2) is 14.2 Å². The lowest BCUT2D eigenvalue weighted by atomic mass is 9.92. The number of urea groups is 1. The van der Waals surface area contributed by atoms with E-state index in [0.29, 0.717) is 13.0 Å². The number of nitrogens with zero attached hydrogens (tertiary/aromatic N) is 2. The van der Waals surface area contributed by atoms with Gasteiger partial charge in [0.05, 0.1) is 6.04 Å². The zero-order valence-electron chi connectivity index (χ0n) is 17.4. The second-order valence-electron chi connectivity index (χ2n) is 8.12. The average molecular weight is 414 g/mol. The largest absolute Gasteiger partial charge is 0.341 e. The Bertz CT molecular complexity index is 1280. The molecule has 1 unspecified atom stereocenters. The summed E-state index contributed by atoms with van der Waals surface area (Å²) in [5.74, 6) is -0.325. The van der Waals surface area contributed by atoms with Crippen LogP contribution in [0, 0.1) is 19.7 Å². The van der Waals surface area contributed by atoms with Gasteiger partial charge in [-0.05, 0) is 78.9 Å². The number of nitrogens with one attached hydrogen (secondary N) is 2. The summed E-state index contributed by atoms with van der Waals surface area (Å²) in [4.78, 5) is 23.0. The number of halogens is 1. The maximum absolute atomic E-state index is 14.1. The Morgan fingerprint density at radius 1 is 1.13 bits per heavy atom. The number of carbonyl (C=O) groups excluding carboxylic acids is 1. The Morgan fingerprint density at radius 2 is 1.94 bits per heavy atom. The van der Waals surface area contributed by atoms with Gasteiger partial charge in [0.15, 0.2) is 0 Å². The second kappa shape index (κ2) is 7.54. The normalized spacial score (nSPS) is 15.7. The Kier molecular flexibility index (Phi) is 4.70. The van der Waals surface area contributed by atoms with Gasteiger partial charge >= 0.3 is 6.03 Å². The van der Waals surface area contributed by atoms with Crippen LogP contribution in [0.25, 0.3) is 11.0 Å². The molecule has 5 rings (SSSR count). The standard InChI is InChI=1S/C25H23FN4O/c1-15-11-16(2)13-19(12-15)28-25(31)30-10-8-20-21-7-4-9-27-24(21)29-22(20)23(30)17-5-3-6-18(26)14-17/h3-7,9,11-14,23H,8,10H2,1-2H3,(H,27,29)(H,28,31). The van der Waals surface area contributed by atoms with Crippen LogP contribution < -0.4 is 5.32 Å². The molecule has 0 aliphatic carbocycles. The zero-order valence-corrected chi connectivity index (χ0v) is 17.4. The molecular weight excluding hydrogens is 391 g/mol. The van der Waals surface area contributed by atoms with Crippen molar-refractivity contribution >= 4 is 22.8 Å². The van der Waals surface area contributed by atoms with Crippen LogP contribution in [0.1, 0.15) is 34.0 Å². The molecule has 0 saturated carbocycles. The maximum atomic E-state index is 14.1. The van der Waals surface area contributed by atoms with Gasteiger partial charge in [0, 0.05) is 29.5 Å². The number of hydrogen-bond donors (Lipinski definition) is 2. The molecule has 2 aromatic heterocycles. The highest BCUT2D eigenvalue weighted by Gasteiger charge is 2.35. The maximum Gasteiger partial charge on any atom is 0.322 e. The van der Waals surface area contributed by atoms with E-state index in [1.54, 1.807) is 17.2 Å². The summed E-state index contributed by atoms with van der Waals surface area (Å²) in [6.07, 6.45) is 2.44. The van der Waals surface area contributed by atoms with Crippen molar-refractivity contribution < 1.29 is 9.18 Å². The van der Waals surface area contributed by atoms with Crippen LogP contribution in [-0.2, 0) is 6.42 Å². The lowest BCUT2D eigenvalue weighted by molar-refractivity contribution is 0.193. The van der Waals surface area contributed by atoms with Crippen molar-refractivity contribution in [3.05, 3.63) is 94.6 Å². The number of benzene rings is 2. The minimum absolute atomic E-state index is 0.212. The molecule has 0 spiro atoms. The second-order valence-corrected chi connectivity index (χ2v) is 8.12. The van der Waals surface area contributed by atoms with Crippen molar-refractivity contribution in [3.8, 4) is 0 Å². The Balaban J connectivity index is 1.58. The van der Waals surface area contributed by atoms with E-state index in [9.17, 15) is 9.18 Å². The number of rotatable bonds is 2. The smallest absolute Gasteiger partial charge is 0.322 e. The first-order valence-electron chi connectivity index (χ1n) is 10.4. The molecule has 0 fully saturated rings. The van der Waals surface area contributed by atoms with Crippen LogP contribution in [0.15, 0.2) is 60.8 Å². The number of pyridine rings is 1. The van der Waals surface area contributed by atoms with Crippen LogP contribution >= 0.6 is 0 Å². The predicted molar refractivity (Wildman–Crippen MR) is 120 cm³/mol. The predicted octanol–water partition coefficient (Wildman–Crippen LogP) is 5.50. The van der Waals surface area contributed by atoms with Crippen LogP contribution in [0.3, 0.4) is 0 Å². The number of aromatic nitrogens is 2. The molecule has 1 atom stereocenters. The van der Waals surface area contributed by atoms with Gasteiger partial charge < -0.3 is 15.2 Å². The quantitative estimate of drug-likeness (QED) is 0.455. The molecule has 1 aliphatic heterocycles. The SMILES string of the molecule is Cc1cc(C)cc(NC(=O)N2CCc3c([nH]c4ncccc34)C2c2cccc(F)c2)c1. The van der Waals surface area contributed by atoms with Crippen molar-refractivity contribution in [2.75, 3.05) is 11.9 Å². The van der Waals surface area contributed by atoms with Gasteiger partial charge in [-0.15, -0.1) is 0 Å². The monoisotopic (exact) mass is 414 g/mol. The molecule has 3 heterocycles. The van der Waals surface area contributed by atoms with Gasteiger partial charge in [-0.3, -0.25) is 0 Å². The number of H-pyrrole nitrogens is 1. The Labute approximate surface area is 179 Å². The van der Waals surface area contributed by atoms with Crippen molar-refractivity contribution in [3.63, 3.8) is 0 Å². The number of aryl methyl sites for hydroxylation is 2. The highest BCUT2D eigenvalue weighted by molar-refractivity contribution is 5.91. The molecule has 0 radical (unpaired) electrons. The summed E-state index contributed by atoms with van der Waals surface area (Å²) < 4.78 is 14.1. The van der Waals surface area contributed by atoms with E-state index in [-0.39, 0.29) is 11.8 Å². The Hall–Kier alpha value is -3.67. The van der Waals surface area contributed by atoms with Gasteiger partial charge in [0.25, 0.3) is 0 Å². The Morgan fingerprint density at radius 3 is 2.71 bits per heavy atom. The first kappa shape index (κ1) is 19.3. The molecule has 31 heavy (non-hydrogen) atoms. The van der Waals surface area contributed by atoms with E-state index >= 15 is 0 Å². The molecule has 5 nitrogen and oxygen atoms in total. The van der Waals surface area contributed by atoms with Crippen molar-refractivity contribution in [1.82, 2.24) is 14.9 Å². The van der Waals surface area contributed by atoms with Crippen LogP contribution in [0.4, 0.5) is 14.9 Å². The number of anilines is 1. The van der Waals surface area contributed by atoms with E-state index in [2.05, 4.69) is 21.4 Å². The number of aromatic amines is 1. The lowest BCUT2D eigenvalue weighted by Gasteiger charge is -2.36. The summed E-state index contributed by atoms with van der Waals surface area (Å²) >= 11 is 0. The molecule has 156 valence electrons. The number of hydrogen-bond acceptors (Lipinski definition) is 2. The molecule has 4 aromatic rings. The fraction of sp³-hybridized carbons (Fsp3) is 0.200. The number of amides is 2. The average Bonchev–Trinajstić information content (AvgIpc) is 3.11. The minimum atomic E-state index is -0.431. The molecule has 0 bridgehead atoms. The van der Waals surface area contributed by atoms with Crippen molar-refractivity contribution in [1.29, 1.82) is 0 Å². The summed E-state index contributed by atoms with van der Waals surface area (Å²) in [5.41, 5.74) is 6.45. The van der Waals surface area contributed by atoms with Gasteiger partial charge in [0.2, 0.25) is 0 Å². The van der Waals surface area contributed by atoms with E-state index in [1.165, 1.54) is 12.1 Å². The van der Waals surface area contributed by atoms with Gasteiger partial charge in [-0.2, -0.15) is 0 Å². The zero-order chi connectivity index (χ0) is 21.5. The first-order chi connectivity index (χ1) is 15.0. The molecule has 6 heteroatoms. The van der Waals surface area contributed by atoms with Crippen LogP contribution in [-0.4, -0.2) is 27.4 Å². The van der Waals surface area contributed by atoms with Gasteiger partial charge in [0.1, 0.15) is 11.5 Å². The van der Waals surface area contributed by atoms with E-state index in [4.69, 9.17) is 0 Å². The number of carbonyl (C=O) groups is 1. The third-order valence-electron chi connectivity index (χ3n) is 5.80. The lowest BCUT2D eigenvalue weighted by Crippen LogP contribution is -2.43. The van der Waals surface area contributed by atoms with E-state index < -0.39 is 6.04 Å². The molecule has 2 N–H and O–H groups in total. The van der Waals surface area contributed by atoms with E-state index in [0.717, 1.165) is 44.7 Å². The fourth-order valence-corrected chi connectivity index (χ4v) is 4.60. The third kappa shape index (κ3) is 3.54. The van der Waals surface area contributed by atoms with Crippen molar-refractivity contribution in [2.45, 2.75) is 26.3 Å². The van der Waals surface area contributed by atoms with Gasteiger partial charge in [-0.1, -0.05) is 18.2 Å². The molecular formula is C25H23FN4O. The molecule has 1 aliphatic rings. The summed E-state index contributed by atoms with van der Waals surface area (Å²) in [7, 11) is 0. The number of fused-ring (bicyclic) bond motifs is 3. The van der Waals surface area contributed by atoms with E-state index in [1.807, 2.05) is 44.2 Å². The summed E-state index contributed by atoms with van der Waals surface area (Å²) in [5, 5.41) is 4.09. The minimum Gasteiger partial charge on any atom is -0.341 e. The molecule has 2 aromatic carbocycles. The summed E-state index contributed by atoms with van der Waals surface area (Å²) in [6.45, 7) is 4.53. The highest BCUT2D eigenvalue weighted by Crippen LogP contribution is 2.38. The third-order valence-corrected chi connectivity index (χ3v) is 5.80. The molecule has 2 amide bonds. The molecule has 0 saturated heterocycles. The fourth-order valence-electron chi connectivity index (χ4n) is 4.60. The summed E-state index contributed by atoms with van der Waals surface area (Å²) in [6, 6.07) is 15.7. The van der Waals surface area contributed by atoms with Crippen molar-refractivity contribution in [2.24, 2.45) is 0 Å².